The fourth-order valence-electron chi connectivity index (χ4n) is 2.13. The van der Waals surface area contributed by atoms with E-state index in [1.807, 2.05) is 49.1 Å². The minimum absolute atomic E-state index is 0.0653. The molecule has 0 saturated heterocycles. The van der Waals surface area contributed by atoms with Crippen LogP contribution in [0.25, 0.3) is 0 Å². The third kappa shape index (κ3) is 2.71. The molecule has 4 nitrogen and oxygen atoms in total. The minimum atomic E-state index is 0.0653. The van der Waals surface area contributed by atoms with Crippen molar-refractivity contribution in [1.29, 1.82) is 0 Å². The van der Waals surface area contributed by atoms with Crippen LogP contribution in [0.1, 0.15) is 29.8 Å². The number of nitrogens with zero attached hydrogens (tertiary/aromatic N) is 2. The smallest absolute Gasteiger partial charge is 0.0682 e. The molecule has 2 aromatic rings. The number of rotatable bonds is 4. The van der Waals surface area contributed by atoms with Crippen molar-refractivity contribution in [3.05, 3.63) is 47.3 Å². The van der Waals surface area contributed by atoms with E-state index >= 15 is 0 Å². The average molecular weight is 245 g/mol. The van der Waals surface area contributed by atoms with Crippen LogP contribution in [0.15, 0.2) is 30.5 Å². The van der Waals surface area contributed by atoms with E-state index in [1.165, 1.54) is 5.56 Å². The molecule has 1 aromatic carbocycles. The quantitative estimate of drug-likeness (QED) is 0.869. The molecule has 1 aromatic heterocycles. The van der Waals surface area contributed by atoms with Gasteiger partial charge in [-0.25, -0.2) is 0 Å². The van der Waals surface area contributed by atoms with E-state index in [4.69, 9.17) is 5.11 Å². The Morgan fingerprint density at radius 3 is 2.83 bits per heavy atom. The zero-order valence-corrected chi connectivity index (χ0v) is 11.0. The van der Waals surface area contributed by atoms with Crippen LogP contribution in [0.3, 0.4) is 0 Å². The number of aryl methyl sites for hydroxylation is 2. The number of aliphatic hydroxyl groups excluding tert-OH is 1. The Labute approximate surface area is 107 Å². The van der Waals surface area contributed by atoms with Crippen LogP contribution in [0.5, 0.6) is 0 Å². The van der Waals surface area contributed by atoms with E-state index in [2.05, 4.69) is 17.3 Å². The summed E-state index contributed by atoms with van der Waals surface area (Å²) < 4.78 is 1.83. The van der Waals surface area contributed by atoms with E-state index in [0.717, 1.165) is 16.9 Å². The molecule has 1 heterocycles. The van der Waals surface area contributed by atoms with Crippen LogP contribution in [0, 0.1) is 6.92 Å². The van der Waals surface area contributed by atoms with Crippen LogP contribution in [0.2, 0.25) is 0 Å². The van der Waals surface area contributed by atoms with Gasteiger partial charge in [0.15, 0.2) is 0 Å². The zero-order chi connectivity index (χ0) is 13.1. The fourth-order valence-corrected chi connectivity index (χ4v) is 2.13. The standard InChI is InChI=1S/C14H19N3O/c1-10(14-8-17(3)16-11(14)2)15-13-6-4-5-12(7-13)9-18/h4-8,10,15,18H,9H2,1-3H3. The van der Waals surface area contributed by atoms with Crippen LogP contribution in [-0.4, -0.2) is 14.9 Å². The largest absolute Gasteiger partial charge is 0.392 e. The molecule has 0 bridgehead atoms. The summed E-state index contributed by atoms with van der Waals surface area (Å²) in [6, 6.07) is 8.00. The number of nitrogens with one attached hydrogen (secondary N) is 1. The van der Waals surface area contributed by atoms with Gasteiger partial charge in [-0.3, -0.25) is 4.68 Å². The molecule has 2 rings (SSSR count). The second-order valence-electron chi connectivity index (χ2n) is 4.57. The Hall–Kier alpha value is -1.81. The third-order valence-corrected chi connectivity index (χ3v) is 3.01. The van der Waals surface area contributed by atoms with Crippen molar-refractivity contribution >= 4 is 5.69 Å². The Kier molecular flexibility index (Phi) is 3.67. The van der Waals surface area contributed by atoms with Crippen molar-refractivity contribution < 1.29 is 5.11 Å². The molecule has 4 heteroatoms. The Morgan fingerprint density at radius 1 is 1.44 bits per heavy atom. The van der Waals surface area contributed by atoms with E-state index in [1.54, 1.807) is 0 Å². The summed E-state index contributed by atoms with van der Waals surface area (Å²) in [5.74, 6) is 0. The van der Waals surface area contributed by atoms with E-state index < -0.39 is 0 Å². The summed E-state index contributed by atoms with van der Waals surface area (Å²) in [5.41, 5.74) is 4.15. The van der Waals surface area contributed by atoms with Crippen molar-refractivity contribution in [1.82, 2.24) is 9.78 Å². The Morgan fingerprint density at radius 2 is 2.22 bits per heavy atom. The van der Waals surface area contributed by atoms with Crippen molar-refractivity contribution in [2.24, 2.45) is 7.05 Å². The lowest BCUT2D eigenvalue weighted by Crippen LogP contribution is -2.07. The number of aliphatic hydroxyl groups is 1. The molecule has 1 atom stereocenters. The molecule has 0 radical (unpaired) electrons. The average Bonchev–Trinajstić information content (AvgIpc) is 2.69. The van der Waals surface area contributed by atoms with Crippen LogP contribution < -0.4 is 5.32 Å². The first kappa shape index (κ1) is 12.6. The van der Waals surface area contributed by atoms with Gasteiger partial charge in [-0.2, -0.15) is 5.10 Å². The first-order chi connectivity index (χ1) is 8.60. The second-order valence-corrected chi connectivity index (χ2v) is 4.57. The van der Waals surface area contributed by atoms with Gasteiger partial charge in [-0.15, -0.1) is 0 Å². The number of hydrogen-bond donors (Lipinski definition) is 2. The molecule has 0 aliphatic rings. The van der Waals surface area contributed by atoms with E-state index in [9.17, 15) is 0 Å². The van der Waals surface area contributed by atoms with Crippen LogP contribution in [0.4, 0.5) is 5.69 Å². The van der Waals surface area contributed by atoms with Gasteiger partial charge >= 0.3 is 0 Å². The van der Waals surface area contributed by atoms with Crippen molar-refractivity contribution in [3.63, 3.8) is 0 Å². The summed E-state index contributed by atoms with van der Waals surface area (Å²) in [6.45, 7) is 4.18. The molecular weight excluding hydrogens is 226 g/mol. The molecule has 2 N–H and O–H groups in total. The summed E-state index contributed by atoms with van der Waals surface area (Å²) in [4.78, 5) is 0. The predicted molar refractivity (Wildman–Crippen MR) is 72.3 cm³/mol. The highest BCUT2D eigenvalue weighted by Gasteiger charge is 2.11. The number of aromatic nitrogens is 2. The van der Waals surface area contributed by atoms with Crippen molar-refractivity contribution in [2.75, 3.05) is 5.32 Å². The van der Waals surface area contributed by atoms with Crippen LogP contribution >= 0.6 is 0 Å². The first-order valence-corrected chi connectivity index (χ1v) is 6.06. The van der Waals surface area contributed by atoms with Gasteiger partial charge in [0.25, 0.3) is 0 Å². The first-order valence-electron chi connectivity index (χ1n) is 6.06. The maximum absolute atomic E-state index is 9.12. The van der Waals surface area contributed by atoms with Gasteiger partial charge in [-0.05, 0) is 31.5 Å². The lowest BCUT2D eigenvalue weighted by atomic mass is 10.1. The Balaban J connectivity index is 2.15. The molecule has 0 amide bonds. The maximum Gasteiger partial charge on any atom is 0.0682 e. The topological polar surface area (TPSA) is 50.1 Å². The molecule has 0 fully saturated rings. The highest BCUT2D eigenvalue weighted by atomic mass is 16.3. The number of anilines is 1. The van der Waals surface area contributed by atoms with Gasteiger partial charge in [0.2, 0.25) is 0 Å². The summed E-state index contributed by atoms with van der Waals surface area (Å²) in [7, 11) is 1.93. The molecular formula is C14H19N3O. The molecule has 0 aliphatic heterocycles. The van der Waals surface area contributed by atoms with Gasteiger partial charge in [0, 0.05) is 24.5 Å². The molecule has 0 saturated carbocycles. The van der Waals surface area contributed by atoms with E-state index in [0.29, 0.717) is 0 Å². The van der Waals surface area contributed by atoms with Gasteiger partial charge in [0.05, 0.1) is 18.3 Å². The predicted octanol–water partition coefficient (Wildman–Crippen LogP) is 2.39. The number of benzene rings is 1. The Bertz CT molecular complexity index is 534. The zero-order valence-electron chi connectivity index (χ0n) is 11.0. The second kappa shape index (κ2) is 5.23. The van der Waals surface area contributed by atoms with Gasteiger partial charge in [-0.1, -0.05) is 12.1 Å². The number of hydrogen-bond acceptors (Lipinski definition) is 3. The molecule has 0 spiro atoms. The third-order valence-electron chi connectivity index (χ3n) is 3.01. The summed E-state index contributed by atoms with van der Waals surface area (Å²) in [5, 5.41) is 16.9. The molecule has 96 valence electrons. The monoisotopic (exact) mass is 245 g/mol. The molecule has 18 heavy (non-hydrogen) atoms. The highest BCUT2D eigenvalue weighted by Crippen LogP contribution is 2.21. The lowest BCUT2D eigenvalue weighted by molar-refractivity contribution is 0.282. The SMILES string of the molecule is Cc1nn(C)cc1C(C)Nc1cccc(CO)c1. The van der Waals surface area contributed by atoms with Gasteiger partial charge in [0.1, 0.15) is 0 Å². The highest BCUT2D eigenvalue weighted by molar-refractivity contribution is 5.47. The summed E-state index contributed by atoms with van der Waals surface area (Å²) in [6.07, 6.45) is 2.03. The van der Waals surface area contributed by atoms with Crippen molar-refractivity contribution in [3.8, 4) is 0 Å². The van der Waals surface area contributed by atoms with E-state index in [-0.39, 0.29) is 12.6 Å². The lowest BCUT2D eigenvalue weighted by Gasteiger charge is -2.15. The maximum atomic E-state index is 9.12. The normalized spacial score (nSPS) is 12.4. The molecule has 1 unspecified atom stereocenters. The molecule has 0 aliphatic carbocycles. The van der Waals surface area contributed by atoms with Crippen LogP contribution in [-0.2, 0) is 13.7 Å². The van der Waals surface area contributed by atoms with Crippen molar-refractivity contribution in [2.45, 2.75) is 26.5 Å². The minimum Gasteiger partial charge on any atom is -0.392 e. The summed E-state index contributed by atoms with van der Waals surface area (Å²) >= 11 is 0. The van der Waals surface area contributed by atoms with Gasteiger partial charge < -0.3 is 10.4 Å². The fraction of sp³-hybridized carbons (Fsp3) is 0.357.